The van der Waals surface area contributed by atoms with Gasteiger partial charge in [-0.2, -0.15) is 11.8 Å². The van der Waals surface area contributed by atoms with E-state index in [9.17, 15) is 14.7 Å². The number of hydrogen-bond donors (Lipinski definition) is 3. The molecule has 0 aliphatic carbocycles. The zero-order valence-corrected chi connectivity index (χ0v) is 12.6. The number of rotatable bonds is 6. The number of aromatic amines is 1. The van der Waals surface area contributed by atoms with Crippen LogP contribution in [0, 0.1) is 0 Å². The van der Waals surface area contributed by atoms with Crippen LogP contribution < -0.4 is 10.9 Å². The smallest absolute Gasteiger partial charge is 0.252 e. The van der Waals surface area contributed by atoms with Crippen molar-refractivity contribution < 1.29 is 9.90 Å². The minimum atomic E-state index is -0.336. The zero-order chi connectivity index (χ0) is 15.2. The Morgan fingerprint density at radius 3 is 2.90 bits per heavy atom. The van der Waals surface area contributed by atoms with E-state index in [1.54, 1.807) is 30.0 Å². The van der Waals surface area contributed by atoms with Crippen LogP contribution in [-0.2, 0) is 0 Å². The molecule has 6 heteroatoms. The summed E-state index contributed by atoms with van der Waals surface area (Å²) in [6.07, 6.45) is 2.66. The minimum absolute atomic E-state index is 0.118. The fraction of sp³-hybridized carbons (Fsp3) is 0.333. The summed E-state index contributed by atoms with van der Waals surface area (Å²) in [5.74, 6) is 0.513. The van der Waals surface area contributed by atoms with Crippen molar-refractivity contribution in [1.82, 2.24) is 10.3 Å². The first-order valence-electron chi connectivity index (χ1n) is 6.68. The molecule has 0 saturated heterocycles. The SMILES string of the molecule is CSCC[C@@H](CO)NC(=O)c1cc(=O)[nH]c2ccccc12. The maximum absolute atomic E-state index is 12.4. The summed E-state index contributed by atoms with van der Waals surface area (Å²) in [7, 11) is 0. The van der Waals surface area contributed by atoms with Gasteiger partial charge in [-0.05, 0) is 24.5 Å². The highest BCUT2D eigenvalue weighted by Gasteiger charge is 2.15. The van der Waals surface area contributed by atoms with Gasteiger partial charge in [-0.15, -0.1) is 0 Å². The molecule has 3 N–H and O–H groups in total. The number of pyridine rings is 1. The monoisotopic (exact) mass is 306 g/mol. The third-order valence-electron chi connectivity index (χ3n) is 3.22. The van der Waals surface area contributed by atoms with Gasteiger partial charge in [0.2, 0.25) is 5.56 Å². The van der Waals surface area contributed by atoms with Gasteiger partial charge < -0.3 is 15.4 Å². The Kier molecular flexibility index (Phi) is 5.41. The molecule has 1 atom stereocenters. The van der Waals surface area contributed by atoms with Crippen LogP contribution in [0.1, 0.15) is 16.8 Å². The Balaban J connectivity index is 2.28. The van der Waals surface area contributed by atoms with E-state index in [2.05, 4.69) is 10.3 Å². The number of aromatic nitrogens is 1. The van der Waals surface area contributed by atoms with E-state index in [1.807, 2.05) is 12.3 Å². The topological polar surface area (TPSA) is 82.2 Å². The van der Waals surface area contributed by atoms with Crippen LogP contribution in [-0.4, -0.2) is 40.7 Å². The molecule has 0 bridgehead atoms. The predicted octanol–water partition coefficient (Wildman–Crippen LogP) is 1.37. The molecule has 5 nitrogen and oxygen atoms in total. The first-order chi connectivity index (χ1) is 10.2. The fourth-order valence-electron chi connectivity index (χ4n) is 2.12. The quantitative estimate of drug-likeness (QED) is 0.753. The molecule has 2 rings (SSSR count). The van der Waals surface area contributed by atoms with E-state index < -0.39 is 0 Å². The Morgan fingerprint density at radius 2 is 2.19 bits per heavy atom. The number of para-hydroxylation sites is 1. The van der Waals surface area contributed by atoms with Crippen molar-refractivity contribution >= 4 is 28.6 Å². The van der Waals surface area contributed by atoms with Gasteiger partial charge in [0, 0.05) is 17.0 Å². The van der Waals surface area contributed by atoms with Gasteiger partial charge >= 0.3 is 0 Å². The summed E-state index contributed by atoms with van der Waals surface area (Å²) < 4.78 is 0. The van der Waals surface area contributed by atoms with E-state index >= 15 is 0 Å². The second kappa shape index (κ2) is 7.28. The Morgan fingerprint density at radius 1 is 1.43 bits per heavy atom. The molecule has 0 fully saturated rings. The molecule has 0 saturated carbocycles. The standard InChI is InChI=1S/C15H18N2O3S/c1-21-7-6-10(9-18)16-15(20)12-8-14(19)17-13-5-3-2-4-11(12)13/h2-5,8,10,18H,6-7,9H2,1H3,(H,16,20)(H,17,19)/t10-/m0/s1. The Bertz CT molecular complexity index is 684. The molecule has 0 aliphatic heterocycles. The number of aliphatic hydroxyl groups is 1. The van der Waals surface area contributed by atoms with Crippen LogP contribution in [0.4, 0.5) is 0 Å². The number of fused-ring (bicyclic) bond motifs is 1. The number of carbonyl (C=O) groups is 1. The van der Waals surface area contributed by atoms with Crippen LogP contribution in [0.15, 0.2) is 35.1 Å². The molecular formula is C15H18N2O3S. The second-order valence-electron chi connectivity index (χ2n) is 4.73. The number of hydrogen-bond acceptors (Lipinski definition) is 4. The van der Waals surface area contributed by atoms with Gasteiger partial charge in [0.25, 0.3) is 5.91 Å². The third kappa shape index (κ3) is 3.86. The molecule has 1 heterocycles. The molecule has 1 aromatic heterocycles. The highest BCUT2D eigenvalue weighted by molar-refractivity contribution is 7.98. The van der Waals surface area contributed by atoms with Crippen molar-refractivity contribution in [2.75, 3.05) is 18.6 Å². The van der Waals surface area contributed by atoms with Crippen molar-refractivity contribution in [3.05, 3.63) is 46.2 Å². The fourth-order valence-corrected chi connectivity index (χ4v) is 2.65. The van der Waals surface area contributed by atoms with E-state index in [1.165, 1.54) is 6.07 Å². The van der Waals surface area contributed by atoms with Crippen molar-refractivity contribution in [3.8, 4) is 0 Å². The van der Waals surface area contributed by atoms with E-state index in [4.69, 9.17) is 0 Å². The maximum Gasteiger partial charge on any atom is 0.252 e. The molecule has 2 aromatic rings. The third-order valence-corrected chi connectivity index (χ3v) is 3.87. The van der Waals surface area contributed by atoms with Crippen LogP contribution >= 0.6 is 11.8 Å². The van der Waals surface area contributed by atoms with Gasteiger partial charge in [0.05, 0.1) is 18.2 Å². The van der Waals surface area contributed by atoms with E-state index in [0.717, 1.165) is 5.75 Å². The summed E-state index contributed by atoms with van der Waals surface area (Å²) in [6.45, 7) is -0.118. The summed E-state index contributed by atoms with van der Waals surface area (Å²) in [5.41, 5.74) is 0.639. The van der Waals surface area contributed by atoms with Crippen molar-refractivity contribution in [3.63, 3.8) is 0 Å². The van der Waals surface area contributed by atoms with Gasteiger partial charge in [0.15, 0.2) is 0 Å². The van der Waals surface area contributed by atoms with Gasteiger partial charge in [0.1, 0.15) is 0 Å². The first kappa shape index (κ1) is 15.6. The Labute approximate surface area is 126 Å². The molecular weight excluding hydrogens is 288 g/mol. The first-order valence-corrected chi connectivity index (χ1v) is 8.08. The summed E-state index contributed by atoms with van der Waals surface area (Å²) in [4.78, 5) is 26.7. The van der Waals surface area contributed by atoms with Gasteiger partial charge in [-0.1, -0.05) is 18.2 Å². The molecule has 21 heavy (non-hydrogen) atoms. The molecule has 1 aromatic carbocycles. The van der Waals surface area contributed by atoms with Crippen molar-refractivity contribution in [2.45, 2.75) is 12.5 Å². The number of thioether (sulfide) groups is 1. The minimum Gasteiger partial charge on any atom is -0.394 e. The summed E-state index contributed by atoms with van der Waals surface area (Å²) in [6, 6.07) is 8.15. The molecule has 1 amide bonds. The largest absolute Gasteiger partial charge is 0.394 e. The lowest BCUT2D eigenvalue weighted by Crippen LogP contribution is -2.38. The average molecular weight is 306 g/mol. The van der Waals surface area contributed by atoms with E-state index in [0.29, 0.717) is 22.9 Å². The molecule has 0 spiro atoms. The van der Waals surface area contributed by atoms with Crippen LogP contribution in [0.2, 0.25) is 0 Å². The van der Waals surface area contributed by atoms with Crippen LogP contribution in [0.5, 0.6) is 0 Å². The lowest BCUT2D eigenvalue weighted by Gasteiger charge is -2.16. The lowest BCUT2D eigenvalue weighted by molar-refractivity contribution is 0.0917. The number of H-pyrrole nitrogens is 1. The second-order valence-corrected chi connectivity index (χ2v) is 5.71. The highest BCUT2D eigenvalue weighted by Crippen LogP contribution is 2.14. The van der Waals surface area contributed by atoms with Crippen LogP contribution in [0.25, 0.3) is 10.9 Å². The zero-order valence-electron chi connectivity index (χ0n) is 11.8. The normalized spacial score (nSPS) is 12.3. The van der Waals surface area contributed by atoms with Crippen molar-refractivity contribution in [1.29, 1.82) is 0 Å². The predicted molar refractivity (Wildman–Crippen MR) is 85.9 cm³/mol. The van der Waals surface area contributed by atoms with Gasteiger partial charge in [-0.3, -0.25) is 9.59 Å². The van der Waals surface area contributed by atoms with Crippen molar-refractivity contribution in [2.24, 2.45) is 0 Å². The number of carbonyl (C=O) groups excluding carboxylic acids is 1. The number of nitrogens with one attached hydrogen (secondary N) is 2. The number of benzene rings is 1. The molecule has 0 radical (unpaired) electrons. The lowest BCUT2D eigenvalue weighted by atomic mass is 10.1. The Hall–Kier alpha value is -1.79. The highest BCUT2D eigenvalue weighted by atomic mass is 32.2. The van der Waals surface area contributed by atoms with E-state index in [-0.39, 0.29) is 24.1 Å². The maximum atomic E-state index is 12.4. The summed E-state index contributed by atoms with van der Waals surface area (Å²) >= 11 is 1.66. The summed E-state index contributed by atoms with van der Waals surface area (Å²) in [5, 5.41) is 12.8. The number of amides is 1. The molecule has 0 aliphatic rings. The average Bonchev–Trinajstić information content (AvgIpc) is 2.50. The van der Waals surface area contributed by atoms with Crippen LogP contribution in [0.3, 0.4) is 0 Å². The number of aliphatic hydroxyl groups excluding tert-OH is 1. The molecule has 112 valence electrons. The molecule has 0 unspecified atom stereocenters. The van der Waals surface area contributed by atoms with Gasteiger partial charge in [-0.25, -0.2) is 0 Å².